The molecule has 0 aromatic rings. The minimum absolute atomic E-state index is 0.190. The van der Waals surface area contributed by atoms with E-state index in [0.29, 0.717) is 5.92 Å². The molecule has 2 N–H and O–H groups in total. The molecular formula is C10H17FO3. The van der Waals surface area contributed by atoms with Crippen molar-refractivity contribution in [1.29, 1.82) is 0 Å². The number of hydrogen-bond donors (Lipinski definition) is 2. The van der Waals surface area contributed by atoms with Gasteiger partial charge in [0.25, 0.3) is 0 Å². The second kappa shape index (κ2) is 4.73. The minimum atomic E-state index is -2.13. The number of aliphatic hydroxyl groups is 1. The largest absolute Gasteiger partial charge is 0.479 e. The van der Waals surface area contributed by atoms with Gasteiger partial charge in [0.2, 0.25) is 6.17 Å². The van der Waals surface area contributed by atoms with Crippen LogP contribution < -0.4 is 0 Å². The number of carboxylic acids is 1. The summed E-state index contributed by atoms with van der Waals surface area (Å²) >= 11 is 0. The van der Waals surface area contributed by atoms with E-state index in [-0.39, 0.29) is 5.92 Å². The number of alkyl halides is 1. The molecule has 3 nitrogen and oxygen atoms in total. The maximum Gasteiger partial charge on any atom is 0.341 e. The monoisotopic (exact) mass is 204 g/mol. The first-order valence-corrected chi connectivity index (χ1v) is 5.07. The van der Waals surface area contributed by atoms with E-state index >= 15 is 0 Å². The number of aliphatic hydroxyl groups excluding tert-OH is 1. The zero-order chi connectivity index (χ0) is 10.7. The Hall–Kier alpha value is -0.640. The molecule has 0 aromatic heterocycles. The Morgan fingerprint density at radius 3 is 2.64 bits per heavy atom. The van der Waals surface area contributed by atoms with Crippen LogP contribution >= 0.6 is 0 Å². The third kappa shape index (κ3) is 2.67. The summed E-state index contributed by atoms with van der Waals surface area (Å²) in [4.78, 5) is 10.3. The average molecular weight is 204 g/mol. The van der Waals surface area contributed by atoms with Crippen LogP contribution in [0.25, 0.3) is 0 Å². The van der Waals surface area contributed by atoms with Gasteiger partial charge in [-0.2, -0.15) is 0 Å². The highest BCUT2D eigenvalue weighted by Crippen LogP contribution is 2.32. The number of hydrogen-bond acceptors (Lipinski definition) is 2. The summed E-state index contributed by atoms with van der Waals surface area (Å²) in [7, 11) is 0. The molecule has 0 aromatic carbocycles. The fourth-order valence-corrected chi connectivity index (χ4v) is 2.18. The van der Waals surface area contributed by atoms with Gasteiger partial charge in [-0.1, -0.05) is 19.8 Å². The molecule has 4 atom stereocenters. The highest BCUT2D eigenvalue weighted by molar-refractivity contribution is 5.72. The van der Waals surface area contributed by atoms with Crippen LogP contribution in [0, 0.1) is 11.8 Å². The molecule has 4 unspecified atom stereocenters. The molecule has 1 fully saturated rings. The van der Waals surface area contributed by atoms with Crippen molar-refractivity contribution in [1.82, 2.24) is 0 Å². The van der Waals surface area contributed by atoms with Gasteiger partial charge >= 0.3 is 5.97 Å². The first-order valence-electron chi connectivity index (χ1n) is 5.07. The van der Waals surface area contributed by atoms with Crippen molar-refractivity contribution < 1.29 is 19.4 Å². The van der Waals surface area contributed by atoms with Crippen LogP contribution in [-0.4, -0.2) is 28.5 Å². The van der Waals surface area contributed by atoms with E-state index in [1.165, 1.54) is 0 Å². The Morgan fingerprint density at radius 1 is 1.50 bits per heavy atom. The quantitative estimate of drug-likeness (QED) is 0.734. The van der Waals surface area contributed by atoms with Gasteiger partial charge in [-0.05, 0) is 24.7 Å². The van der Waals surface area contributed by atoms with E-state index in [0.717, 1.165) is 25.7 Å². The van der Waals surface area contributed by atoms with Crippen molar-refractivity contribution in [2.75, 3.05) is 0 Å². The van der Waals surface area contributed by atoms with Crippen LogP contribution in [0.4, 0.5) is 4.39 Å². The first kappa shape index (κ1) is 11.4. The number of aliphatic carboxylic acids is 1. The molecule has 0 bridgehead atoms. The van der Waals surface area contributed by atoms with Crippen LogP contribution in [0.1, 0.15) is 32.6 Å². The number of carboxylic acid groups (broad SMARTS) is 1. The van der Waals surface area contributed by atoms with Gasteiger partial charge in [-0.15, -0.1) is 0 Å². The SMILES string of the molecule is CC1CCCC(C(O)C(F)C(=O)O)C1. The lowest BCUT2D eigenvalue weighted by Crippen LogP contribution is -2.38. The smallest absolute Gasteiger partial charge is 0.341 e. The molecule has 1 aliphatic carbocycles. The lowest BCUT2D eigenvalue weighted by atomic mass is 9.78. The second-order valence-electron chi connectivity index (χ2n) is 4.26. The van der Waals surface area contributed by atoms with Gasteiger partial charge in [0.1, 0.15) is 0 Å². The van der Waals surface area contributed by atoms with Gasteiger partial charge < -0.3 is 10.2 Å². The fraction of sp³-hybridized carbons (Fsp3) is 0.900. The Labute approximate surface area is 82.9 Å². The van der Waals surface area contributed by atoms with E-state index in [1.807, 2.05) is 6.92 Å². The fourth-order valence-electron chi connectivity index (χ4n) is 2.18. The normalized spacial score (nSPS) is 32.2. The minimum Gasteiger partial charge on any atom is -0.479 e. The molecule has 14 heavy (non-hydrogen) atoms. The first-order chi connectivity index (χ1) is 6.52. The topological polar surface area (TPSA) is 57.5 Å². The Morgan fingerprint density at radius 2 is 2.14 bits per heavy atom. The van der Waals surface area contributed by atoms with E-state index in [4.69, 9.17) is 5.11 Å². The summed E-state index contributed by atoms with van der Waals surface area (Å²) in [5.74, 6) is -1.29. The van der Waals surface area contributed by atoms with Crippen LogP contribution in [0.2, 0.25) is 0 Å². The number of rotatable bonds is 3. The summed E-state index contributed by atoms with van der Waals surface area (Å²) in [5.41, 5.74) is 0. The van der Waals surface area contributed by atoms with Crippen molar-refractivity contribution in [3.63, 3.8) is 0 Å². The zero-order valence-electron chi connectivity index (χ0n) is 8.32. The van der Waals surface area contributed by atoms with Crippen molar-refractivity contribution in [2.45, 2.75) is 44.9 Å². The van der Waals surface area contributed by atoms with E-state index in [2.05, 4.69) is 0 Å². The molecule has 1 aliphatic rings. The number of halogens is 1. The molecule has 0 heterocycles. The summed E-state index contributed by atoms with van der Waals surface area (Å²) in [5, 5.41) is 17.9. The molecule has 1 saturated carbocycles. The van der Waals surface area contributed by atoms with Crippen LogP contribution in [0.15, 0.2) is 0 Å². The van der Waals surface area contributed by atoms with Crippen LogP contribution in [0.5, 0.6) is 0 Å². The van der Waals surface area contributed by atoms with E-state index in [1.54, 1.807) is 0 Å². The van der Waals surface area contributed by atoms with Crippen LogP contribution in [0.3, 0.4) is 0 Å². The highest BCUT2D eigenvalue weighted by atomic mass is 19.1. The lowest BCUT2D eigenvalue weighted by molar-refractivity contribution is -0.149. The second-order valence-corrected chi connectivity index (χ2v) is 4.26. The van der Waals surface area contributed by atoms with Gasteiger partial charge in [0.05, 0.1) is 6.10 Å². The summed E-state index contributed by atoms with van der Waals surface area (Å²) in [6, 6.07) is 0. The van der Waals surface area contributed by atoms with Gasteiger partial charge in [0.15, 0.2) is 0 Å². The Balaban J connectivity index is 2.50. The third-order valence-corrected chi connectivity index (χ3v) is 3.00. The molecule has 0 radical (unpaired) electrons. The van der Waals surface area contributed by atoms with Crippen molar-refractivity contribution in [3.8, 4) is 0 Å². The summed E-state index contributed by atoms with van der Waals surface area (Å²) in [6.07, 6.45) is 0.0388. The molecule has 4 heteroatoms. The molecule has 0 amide bonds. The summed E-state index contributed by atoms with van der Waals surface area (Å²) in [6.45, 7) is 2.05. The molecule has 0 saturated heterocycles. The lowest BCUT2D eigenvalue weighted by Gasteiger charge is -2.30. The maximum absolute atomic E-state index is 13.0. The van der Waals surface area contributed by atoms with E-state index < -0.39 is 18.2 Å². The highest BCUT2D eigenvalue weighted by Gasteiger charge is 2.34. The number of carbonyl (C=O) groups is 1. The molecule has 1 rings (SSSR count). The Kier molecular flexibility index (Phi) is 3.86. The maximum atomic E-state index is 13.0. The van der Waals surface area contributed by atoms with Crippen molar-refractivity contribution in [2.24, 2.45) is 11.8 Å². The zero-order valence-corrected chi connectivity index (χ0v) is 8.32. The van der Waals surface area contributed by atoms with Crippen LogP contribution in [-0.2, 0) is 4.79 Å². The van der Waals surface area contributed by atoms with Crippen molar-refractivity contribution in [3.05, 3.63) is 0 Å². The average Bonchev–Trinajstić information content (AvgIpc) is 2.15. The molecule has 0 aliphatic heterocycles. The van der Waals surface area contributed by atoms with Crippen molar-refractivity contribution >= 4 is 5.97 Å². The standard InChI is InChI=1S/C10H17FO3/c1-6-3-2-4-7(5-6)9(12)8(11)10(13)14/h6-9,12H,2-5H2,1H3,(H,13,14). The van der Waals surface area contributed by atoms with E-state index in [9.17, 15) is 14.3 Å². The molecule has 82 valence electrons. The predicted octanol–water partition coefficient (Wildman–Crippen LogP) is 1.60. The van der Waals surface area contributed by atoms with Gasteiger partial charge in [-0.3, -0.25) is 0 Å². The Bertz CT molecular complexity index is 208. The summed E-state index contributed by atoms with van der Waals surface area (Å²) < 4.78 is 13.0. The molecular weight excluding hydrogens is 187 g/mol. The third-order valence-electron chi connectivity index (χ3n) is 3.00. The molecule has 0 spiro atoms. The van der Waals surface area contributed by atoms with Gasteiger partial charge in [-0.25, -0.2) is 9.18 Å². The van der Waals surface area contributed by atoms with Gasteiger partial charge in [0, 0.05) is 0 Å². The predicted molar refractivity (Wildman–Crippen MR) is 49.7 cm³/mol.